The van der Waals surface area contributed by atoms with Gasteiger partial charge in [-0.05, 0) is 67.2 Å². The number of hydrogen-bond donors (Lipinski definition) is 0. The van der Waals surface area contributed by atoms with Crippen LogP contribution >= 0.6 is 11.6 Å². The first kappa shape index (κ1) is 28.8. The number of piperidine rings is 1. The zero-order valence-electron chi connectivity index (χ0n) is 22.4. The van der Waals surface area contributed by atoms with Gasteiger partial charge in [-0.25, -0.2) is 0 Å². The second-order valence-corrected chi connectivity index (χ2v) is 16.1. The minimum atomic E-state index is -2.36. The molecule has 1 unspecified atom stereocenters. The molecule has 3 rings (SSSR count). The van der Waals surface area contributed by atoms with Gasteiger partial charge in [0.25, 0.3) is 5.78 Å². The molecule has 0 aliphatic carbocycles. The quantitative estimate of drug-likeness (QED) is 0.0910. The van der Waals surface area contributed by atoms with Crippen molar-refractivity contribution in [3.8, 4) is 0 Å². The lowest BCUT2D eigenvalue weighted by Crippen LogP contribution is -2.49. The number of carbonyl (C=O) groups is 2. The molecule has 9 heteroatoms. The van der Waals surface area contributed by atoms with E-state index in [9.17, 15) is 15.1 Å². The number of hydrogen-bond acceptors (Lipinski definition) is 4. The molecule has 1 atom stereocenters. The van der Waals surface area contributed by atoms with Crippen LogP contribution in [0, 0.1) is 0 Å². The first-order chi connectivity index (χ1) is 17.4. The van der Waals surface area contributed by atoms with Crippen molar-refractivity contribution < 1.29 is 18.9 Å². The van der Waals surface area contributed by atoms with Crippen LogP contribution in [0.2, 0.25) is 23.2 Å². The fourth-order valence-electron chi connectivity index (χ4n) is 4.01. The lowest BCUT2D eigenvalue weighted by atomic mass is 9.97. The Morgan fingerprint density at radius 1 is 1.05 bits per heavy atom. The molecule has 37 heavy (non-hydrogen) atoms. The molecule has 1 heterocycles. The van der Waals surface area contributed by atoms with Crippen molar-refractivity contribution >= 4 is 43.0 Å². The second kappa shape index (κ2) is 12.2. The Morgan fingerprint density at radius 2 is 1.65 bits per heavy atom. The van der Waals surface area contributed by atoms with Crippen LogP contribution in [0.1, 0.15) is 58.1 Å². The van der Waals surface area contributed by atoms with Gasteiger partial charge < -0.3 is 15.0 Å². The lowest BCUT2D eigenvalue weighted by Gasteiger charge is -2.43. The molecule has 7 nitrogen and oxygen atoms in total. The van der Waals surface area contributed by atoms with Crippen molar-refractivity contribution in [1.29, 1.82) is 0 Å². The highest BCUT2D eigenvalue weighted by Gasteiger charge is 2.43. The highest BCUT2D eigenvalue weighted by molar-refractivity contribution is 6.74. The zero-order chi connectivity index (χ0) is 27.2. The van der Waals surface area contributed by atoms with Crippen LogP contribution in [-0.2, 0) is 14.1 Å². The SMILES string of the molecule is CC(C)(C)[Si](C)(C)ON(c1ccccc1)C(CC(=O)C(=[N+]=[N-])C(=O)N1CCCCC1)c1ccc(Cl)cc1. The number of hydroxylamine groups is 1. The summed E-state index contributed by atoms with van der Waals surface area (Å²) in [4.78, 5) is 31.4. The topological polar surface area (TPSA) is 86.2 Å². The second-order valence-electron chi connectivity index (χ2n) is 11.0. The summed E-state index contributed by atoms with van der Waals surface area (Å²) in [5.74, 6) is -1.07. The molecule has 2 aromatic carbocycles. The first-order valence-electron chi connectivity index (χ1n) is 12.8. The first-order valence-corrected chi connectivity index (χ1v) is 16.1. The van der Waals surface area contributed by atoms with Gasteiger partial charge in [0, 0.05) is 24.5 Å². The highest BCUT2D eigenvalue weighted by atomic mass is 35.5. The van der Waals surface area contributed by atoms with Crippen molar-refractivity contribution in [3.05, 3.63) is 70.7 Å². The Bertz CT molecular complexity index is 1140. The van der Waals surface area contributed by atoms with Gasteiger partial charge in [-0.3, -0.25) is 14.7 Å². The normalized spacial score (nSPS) is 15.0. The van der Waals surface area contributed by atoms with E-state index in [1.807, 2.05) is 42.5 Å². The van der Waals surface area contributed by atoms with Crippen molar-refractivity contribution in [2.45, 2.75) is 70.6 Å². The van der Waals surface area contributed by atoms with Crippen LogP contribution in [0.25, 0.3) is 5.53 Å². The maximum Gasteiger partial charge on any atom is 0.421 e. The molecule has 0 spiro atoms. The van der Waals surface area contributed by atoms with Crippen LogP contribution in [0.5, 0.6) is 0 Å². The van der Waals surface area contributed by atoms with Crippen LogP contribution in [-0.4, -0.2) is 48.5 Å². The van der Waals surface area contributed by atoms with E-state index in [1.54, 1.807) is 22.1 Å². The van der Waals surface area contributed by atoms with Gasteiger partial charge in [-0.2, -0.15) is 4.79 Å². The molecule has 1 aliphatic heterocycles. The third-order valence-electron chi connectivity index (χ3n) is 7.27. The Kier molecular flexibility index (Phi) is 9.48. The molecular formula is C28H37ClN4O3Si. The Balaban J connectivity index is 2.03. The fraction of sp³-hybridized carbons (Fsp3) is 0.464. The molecule has 0 bridgehead atoms. The van der Waals surface area contributed by atoms with E-state index < -0.39 is 31.8 Å². The molecule has 1 aliphatic rings. The fourth-order valence-corrected chi connectivity index (χ4v) is 5.14. The number of nitrogens with zero attached hydrogens (tertiary/aromatic N) is 4. The van der Waals surface area contributed by atoms with E-state index in [0.29, 0.717) is 18.1 Å². The number of halogens is 1. The van der Waals surface area contributed by atoms with E-state index in [0.717, 1.165) is 30.5 Å². The van der Waals surface area contributed by atoms with Crippen molar-refractivity contribution in [3.63, 3.8) is 0 Å². The molecule has 0 saturated carbocycles. The minimum absolute atomic E-state index is 0.101. The molecule has 0 N–H and O–H groups in total. The number of Topliss-reactive ketones (excluding diaryl/α,β-unsaturated/α-hetero) is 1. The standard InChI is InChI=1S/C28H37ClN4O3Si/c1-28(2,3)37(4,5)36-33(23-12-8-6-9-13-23)24(21-14-16-22(29)17-15-21)20-25(34)26(31-30)27(35)32-18-10-7-11-19-32/h6,8-9,12-17,24H,7,10-11,18-20H2,1-5H3. The number of anilines is 1. The van der Waals surface area contributed by atoms with Crippen LogP contribution in [0.3, 0.4) is 0 Å². The molecular weight excluding hydrogens is 504 g/mol. The summed E-state index contributed by atoms with van der Waals surface area (Å²) in [6.07, 6.45) is 2.66. The summed E-state index contributed by atoms with van der Waals surface area (Å²) in [6, 6.07) is 16.3. The van der Waals surface area contributed by atoms with Crippen molar-refractivity contribution in [2.75, 3.05) is 18.2 Å². The highest BCUT2D eigenvalue weighted by Crippen LogP contribution is 2.41. The smallest absolute Gasteiger partial charge is 0.360 e. The summed E-state index contributed by atoms with van der Waals surface area (Å²) in [5, 5.41) is 2.26. The van der Waals surface area contributed by atoms with Gasteiger partial charge >= 0.3 is 11.6 Å². The number of ketones is 1. The summed E-state index contributed by atoms with van der Waals surface area (Å²) >= 11 is 6.18. The average molecular weight is 541 g/mol. The van der Waals surface area contributed by atoms with Gasteiger partial charge in [0.05, 0.1) is 11.7 Å². The molecule has 0 aromatic heterocycles. The number of carbonyl (C=O) groups excluding carboxylic acids is 2. The van der Waals surface area contributed by atoms with Gasteiger partial charge in [0.1, 0.15) is 0 Å². The third kappa shape index (κ3) is 7.17. The zero-order valence-corrected chi connectivity index (χ0v) is 24.2. The number of rotatable bonds is 9. The molecule has 0 radical (unpaired) electrons. The Morgan fingerprint density at radius 3 is 2.19 bits per heavy atom. The third-order valence-corrected chi connectivity index (χ3v) is 11.8. The Labute approximate surface area is 226 Å². The maximum atomic E-state index is 13.6. The van der Waals surface area contributed by atoms with Crippen LogP contribution < -0.4 is 5.06 Å². The number of benzene rings is 2. The monoisotopic (exact) mass is 540 g/mol. The van der Waals surface area contributed by atoms with Gasteiger partial charge in [0.15, 0.2) is 0 Å². The molecule has 2 aromatic rings. The van der Waals surface area contributed by atoms with Gasteiger partial charge in [-0.15, -0.1) is 0 Å². The maximum absolute atomic E-state index is 13.6. The van der Waals surface area contributed by atoms with Gasteiger partial charge in [-0.1, -0.05) is 62.7 Å². The number of para-hydroxylation sites is 1. The summed E-state index contributed by atoms with van der Waals surface area (Å²) < 4.78 is 6.82. The largest absolute Gasteiger partial charge is 0.421 e. The van der Waals surface area contributed by atoms with Gasteiger partial charge in [0.2, 0.25) is 8.32 Å². The van der Waals surface area contributed by atoms with Crippen molar-refractivity contribution in [2.24, 2.45) is 0 Å². The molecule has 1 fully saturated rings. The van der Waals surface area contributed by atoms with E-state index in [2.05, 4.69) is 38.7 Å². The Hall–Kier alpha value is -2.77. The lowest BCUT2D eigenvalue weighted by molar-refractivity contribution is -0.133. The molecule has 198 valence electrons. The summed E-state index contributed by atoms with van der Waals surface area (Å²) in [5.41, 5.74) is 10.9. The van der Waals surface area contributed by atoms with E-state index >= 15 is 0 Å². The predicted molar refractivity (Wildman–Crippen MR) is 150 cm³/mol. The number of likely N-dealkylation sites (tertiary alicyclic amines) is 1. The van der Waals surface area contributed by atoms with Crippen molar-refractivity contribution in [1.82, 2.24) is 4.90 Å². The predicted octanol–water partition coefficient (Wildman–Crippen LogP) is 6.47. The van der Waals surface area contributed by atoms with Crippen LogP contribution in [0.4, 0.5) is 5.69 Å². The number of amides is 1. The van der Waals surface area contributed by atoms with E-state index in [1.165, 1.54) is 0 Å². The average Bonchev–Trinajstić information content (AvgIpc) is 2.87. The van der Waals surface area contributed by atoms with E-state index in [4.69, 9.17) is 16.1 Å². The summed E-state index contributed by atoms with van der Waals surface area (Å²) in [7, 11) is -2.36. The molecule has 1 saturated heterocycles. The van der Waals surface area contributed by atoms with Crippen LogP contribution in [0.15, 0.2) is 54.6 Å². The molecule has 1 amide bonds. The minimum Gasteiger partial charge on any atom is -0.360 e. The summed E-state index contributed by atoms with van der Waals surface area (Å²) in [6.45, 7) is 11.8. The van der Waals surface area contributed by atoms with E-state index in [-0.39, 0.29) is 11.5 Å².